The number of rotatable bonds is 9. The summed E-state index contributed by atoms with van der Waals surface area (Å²) in [6, 6.07) is 8.07. The smallest absolute Gasteiger partial charge is 0.134 e. The zero-order valence-corrected chi connectivity index (χ0v) is 12.9. The van der Waals surface area contributed by atoms with Crippen molar-refractivity contribution in [3.63, 3.8) is 0 Å². The highest BCUT2D eigenvalue weighted by Crippen LogP contribution is 2.27. The highest BCUT2D eigenvalue weighted by Gasteiger charge is 2.15. The molecule has 1 unspecified atom stereocenters. The zero-order valence-electron chi connectivity index (χ0n) is 12.9. The summed E-state index contributed by atoms with van der Waals surface area (Å²) < 4.78 is 11.1. The fourth-order valence-electron chi connectivity index (χ4n) is 2.51. The largest absolute Gasteiger partial charge is 0.461 e. The summed E-state index contributed by atoms with van der Waals surface area (Å²) in [6.07, 6.45) is 3.22. The molecule has 2 N–H and O–H groups in total. The Kier molecular flexibility index (Phi) is 6.23. The topological polar surface area (TPSA) is 54.6 Å². The average molecular weight is 291 g/mol. The molecular formula is C17H25NO3. The average Bonchev–Trinajstić information content (AvgIpc) is 2.87. The van der Waals surface area contributed by atoms with Crippen LogP contribution >= 0.6 is 0 Å². The van der Waals surface area contributed by atoms with Crippen LogP contribution in [0, 0.1) is 0 Å². The van der Waals surface area contributed by atoms with E-state index < -0.39 is 0 Å². The molecule has 1 atom stereocenters. The van der Waals surface area contributed by atoms with E-state index in [2.05, 4.69) is 18.3 Å². The number of hydrogen-bond acceptors (Lipinski definition) is 4. The van der Waals surface area contributed by atoms with E-state index in [1.165, 1.54) is 5.56 Å². The van der Waals surface area contributed by atoms with Crippen molar-refractivity contribution in [3.8, 4) is 0 Å². The Morgan fingerprint density at radius 1 is 1.33 bits per heavy atom. The van der Waals surface area contributed by atoms with E-state index in [0.717, 1.165) is 36.0 Å². The molecule has 0 amide bonds. The molecule has 0 bridgehead atoms. The zero-order chi connectivity index (χ0) is 15.1. The van der Waals surface area contributed by atoms with E-state index in [0.29, 0.717) is 13.2 Å². The molecule has 1 heterocycles. The van der Waals surface area contributed by atoms with Gasteiger partial charge in [-0.15, -0.1) is 0 Å². The number of furan rings is 1. The van der Waals surface area contributed by atoms with Crippen molar-refractivity contribution in [3.05, 3.63) is 35.6 Å². The second kappa shape index (κ2) is 8.17. The molecule has 0 fully saturated rings. The third-order valence-corrected chi connectivity index (χ3v) is 3.70. The van der Waals surface area contributed by atoms with Crippen LogP contribution in [-0.4, -0.2) is 31.5 Å². The minimum Gasteiger partial charge on any atom is -0.461 e. The molecule has 4 nitrogen and oxygen atoms in total. The molecule has 21 heavy (non-hydrogen) atoms. The SMILES string of the molecule is CCCCc1oc2ccccc2c1CNC(CO)COC. The van der Waals surface area contributed by atoms with Crippen LogP contribution in [0.4, 0.5) is 0 Å². The predicted octanol–water partition coefficient (Wildman–Crippen LogP) is 2.87. The number of aryl methyl sites for hydroxylation is 1. The number of methoxy groups -OCH3 is 1. The van der Waals surface area contributed by atoms with Crippen molar-refractivity contribution in [2.24, 2.45) is 0 Å². The summed E-state index contributed by atoms with van der Waals surface area (Å²) in [7, 11) is 1.64. The Labute approximate surface area is 126 Å². The van der Waals surface area contributed by atoms with Gasteiger partial charge in [-0.25, -0.2) is 0 Å². The van der Waals surface area contributed by atoms with Crippen LogP contribution in [0.25, 0.3) is 11.0 Å². The number of hydrogen-bond donors (Lipinski definition) is 2. The fraction of sp³-hybridized carbons (Fsp3) is 0.529. The van der Waals surface area contributed by atoms with Gasteiger partial charge < -0.3 is 19.6 Å². The van der Waals surface area contributed by atoms with E-state index in [-0.39, 0.29) is 12.6 Å². The molecule has 1 aromatic carbocycles. The molecule has 1 aromatic heterocycles. The van der Waals surface area contributed by atoms with Gasteiger partial charge in [-0.2, -0.15) is 0 Å². The van der Waals surface area contributed by atoms with E-state index >= 15 is 0 Å². The number of ether oxygens (including phenoxy) is 1. The molecule has 0 saturated heterocycles. The molecule has 0 saturated carbocycles. The maximum absolute atomic E-state index is 9.34. The van der Waals surface area contributed by atoms with Gasteiger partial charge in [0, 0.05) is 31.0 Å². The van der Waals surface area contributed by atoms with Crippen LogP contribution in [0.3, 0.4) is 0 Å². The van der Waals surface area contributed by atoms with Gasteiger partial charge in [0.15, 0.2) is 0 Å². The second-order valence-electron chi connectivity index (χ2n) is 5.32. The molecule has 0 radical (unpaired) electrons. The van der Waals surface area contributed by atoms with E-state index in [9.17, 15) is 5.11 Å². The Balaban J connectivity index is 2.18. The predicted molar refractivity (Wildman–Crippen MR) is 84.4 cm³/mol. The molecule has 0 aliphatic heterocycles. The lowest BCUT2D eigenvalue weighted by molar-refractivity contribution is 0.128. The van der Waals surface area contributed by atoms with Crippen LogP contribution in [0.2, 0.25) is 0 Å². The number of fused-ring (bicyclic) bond motifs is 1. The van der Waals surface area contributed by atoms with Crippen LogP contribution < -0.4 is 5.32 Å². The summed E-state index contributed by atoms with van der Waals surface area (Å²) in [5.41, 5.74) is 2.14. The van der Waals surface area contributed by atoms with E-state index in [1.807, 2.05) is 18.2 Å². The van der Waals surface area contributed by atoms with Crippen LogP contribution in [0.1, 0.15) is 31.1 Å². The van der Waals surface area contributed by atoms with Gasteiger partial charge in [0.1, 0.15) is 11.3 Å². The molecule has 0 aliphatic rings. The lowest BCUT2D eigenvalue weighted by Gasteiger charge is -2.15. The van der Waals surface area contributed by atoms with Gasteiger partial charge in [0.05, 0.1) is 19.3 Å². The summed E-state index contributed by atoms with van der Waals surface area (Å²) in [6.45, 7) is 3.43. The maximum Gasteiger partial charge on any atom is 0.134 e. The number of nitrogens with one attached hydrogen (secondary N) is 1. The van der Waals surface area contributed by atoms with Gasteiger partial charge in [0.25, 0.3) is 0 Å². The van der Waals surface area contributed by atoms with Gasteiger partial charge in [-0.1, -0.05) is 31.5 Å². The van der Waals surface area contributed by atoms with Gasteiger partial charge in [-0.05, 0) is 12.5 Å². The van der Waals surface area contributed by atoms with Crippen molar-refractivity contribution in [2.75, 3.05) is 20.3 Å². The Morgan fingerprint density at radius 3 is 2.86 bits per heavy atom. The number of benzene rings is 1. The summed E-state index contributed by atoms with van der Waals surface area (Å²) in [5, 5.41) is 13.8. The Hall–Kier alpha value is -1.36. The first-order chi connectivity index (χ1) is 10.3. The standard InChI is InChI=1S/C17H25NO3/c1-3-4-8-17-15(10-18-13(11-19)12-20-2)14-7-5-6-9-16(14)21-17/h5-7,9,13,18-19H,3-4,8,10-12H2,1-2H3. The van der Waals surface area contributed by atoms with Crippen molar-refractivity contribution >= 4 is 11.0 Å². The molecule has 2 rings (SSSR count). The minimum atomic E-state index is -0.0531. The molecule has 0 spiro atoms. The first kappa shape index (κ1) is 16.0. The summed E-state index contributed by atoms with van der Waals surface area (Å²) in [5.74, 6) is 1.06. The van der Waals surface area contributed by atoms with Gasteiger partial charge in [0.2, 0.25) is 0 Å². The van der Waals surface area contributed by atoms with Crippen LogP contribution in [0.5, 0.6) is 0 Å². The second-order valence-corrected chi connectivity index (χ2v) is 5.32. The Morgan fingerprint density at radius 2 is 2.14 bits per heavy atom. The molecule has 2 aromatic rings. The summed E-state index contributed by atoms with van der Waals surface area (Å²) in [4.78, 5) is 0. The first-order valence-corrected chi connectivity index (χ1v) is 7.62. The quantitative estimate of drug-likeness (QED) is 0.746. The van der Waals surface area contributed by atoms with Gasteiger partial charge in [-0.3, -0.25) is 0 Å². The van der Waals surface area contributed by atoms with Crippen molar-refractivity contribution in [1.82, 2.24) is 5.32 Å². The molecule has 4 heteroatoms. The van der Waals surface area contributed by atoms with Gasteiger partial charge >= 0.3 is 0 Å². The maximum atomic E-state index is 9.34. The molecule has 0 aliphatic carbocycles. The van der Waals surface area contributed by atoms with Crippen molar-refractivity contribution in [2.45, 2.75) is 38.8 Å². The van der Waals surface area contributed by atoms with Crippen LogP contribution in [0.15, 0.2) is 28.7 Å². The van der Waals surface area contributed by atoms with E-state index in [1.54, 1.807) is 7.11 Å². The third-order valence-electron chi connectivity index (χ3n) is 3.70. The molecular weight excluding hydrogens is 266 g/mol. The number of unbranched alkanes of at least 4 members (excludes halogenated alkanes) is 1. The normalized spacial score (nSPS) is 12.9. The fourth-order valence-corrected chi connectivity index (χ4v) is 2.51. The first-order valence-electron chi connectivity index (χ1n) is 7.62. The van der Waals surface area contributed by atoms with E-state index in [4.69, 9.17) is 9.15 Å². The van der Waals surface area contributed by atoms with Crippen LogP contribution in [-0.2, 0) is 17.7 Å². The van der Waals surface area contributed by atoms with Crippen molar-refractivity contribution in [1.29, 1.82) is 0 Å². The highest BCUT2D eigenvalue weighted by molar-refractivity contribution is 5.82. The monoisotopic (exact) mass is 291 g/mol. The third kappa shape index (κ3) is 4.06. The number of aliphatic hydroxyl groups is 1. The number of aliphatic hydroxyl groups excluding tert-OH is 1. The highest BCUT2D eigenvalue weighted by atomic mass is 16.5. The van der Waals surface area contributed by atoms with Crippen molar-refractivity contribution < 1.29 is 14.3 Å². The molecule has 116 valence electrons. The lowest BCUT2D eigenvalue weighted by atomic mass is 10.1. The minimum absolute atomic E-state index is 0.0531. The summed E-state index contributed by atoms with van der Waals surface area (Å²) >= 11 is 0. The number of para-hydroxylation sites is 1. The Bertz CT molecular complexity index is 550. The lowest BCUT2D eigenvalue weighted by Crippen LogP contribution is -2.36.